The van der Waals surface area contributed by atoms with Crippen LogP contribution < -0.4 is 11.5 Å². The van der Waals surface area contributed by atoms with Crippen LogP contribution in [0.1, 0.15) is 16.2 Å². The van der Waals surface area contributed by atoms with E-state index >= 15 is 0 Å². The Kier molecular flexibility index (Phi) is 3.56. The molecule has 0 saturated heterocycles. The van der Waals surface area contributed by atoms with Crippen LogP contribution in [-0.2, 0) is 6.54 Å². The van der Waals surface area contributed by atoms with E-state index in [4.69, 9.17) is 11.5 Å². The molecule has 1 amide bonds. The van der Waals surface area contributed by atoms with Crippen LogP contribution in [0.4, 0.5) is 0 Å². The van der Waals surface area contributed by atoms with E-state index in [-0.39, 0.29) is 24.6 Å². The Morgan fingerprint density at radius 3 is 2.64 bits per heavy atom. The van der Waals surface area contributed by atoms with Crippen LogP contribution >= 0.6 is 12.4 Å². The highest BCUT2D eigenvalue weighted by molar-refractivity contribution is 5.90. The van der Waals surface area contributed by atoms with Gasteiger partial charge in [0.1, 0.15) is 0 Å². The molecule has 0 bridgehead atoms. The molecule has 62 valence electrons. The van der Waals surface area contributed by atoms with E-state index in [1.165, 1.54) is 6.07 Å². The van der Waals surface area contributed by atoms with Gasteiger partial charge in [-0.2, -0.15) is 0 Å². The lowest BCUT2D eigenvalue weighted by molar-refractivity contribution is 0.0991. The fourth-order valence-corrected chi connectivity index (χ4v) is 0.525. The number of nitrogens with zero attached hydrogens (tertiary/aromatic N) is 1. The SMILES string of the molecule is Cl.NCc1cc(C(N)=O)no1. The second kappa shape index (κ2) is 3.95. The first-order chi connectivity index (χ1) is 4.74. The minimum atomic E-state index is -0.608. The maximum atomic E-state index is 10.4. The van der Waals surface area contributed by atoms with Crippen LogP contribution in [0.5, 0.6) is 0 Å². The summed E-state index contributed by atoms with van der Waals surface area (Å²) in [7, 11) is 0. The van der Waals surface area contributed by atoms with Crippen LogP contribution in [0.15, 0.2) is 10.6 Å². The lowest BCUT2D eigenvalue weighted by Crippen LogP contribution is -2.10. The van der Waals surface area contributed by atoms with E-state index in [0.29, 0.717) is 5.76 Å². The highest BCUT2D eigenvalue weighted by atomic mass is 35.5. The molecule has 0 aliphatic heterocycles. The predicted molar refractivity (Wildman–Crippen MR) is 40.2 cm³/mol. The third kappa shape index (κ3) is 2.21. The van der Waals surface area contributed by atoms with E-state index in [1.54, 1.807) is 0 Å². The number of carbonyl (C=O) groups excluding carboxylic acids is 1. The summed E-state index contributed by atoms with van der Waals surface area (Å²) in [6.07, 6.45) is 0. The summed E-state index contributed by atoms with van der Waals surface area (Å²) >= 11 is 0. The summed E-state index contributed by atoms with van der Waals surface area (Å²) in [4.78, 5) is 10.4. The first-order valence-electron chi connectivity index (χ1n) is 2.69. The monoisotopic (exact) mass is 177 g/mol. The van der Waals surface area contributed by atoms with Gasteiger partial charge in [-0.05, 0) is 0 Å². The summed E-state index contributed by atoms with van der Waals surface area (Å²) in [6, 6.07) is 1.42. The van der Waals surface area contributed by atoms with Gasteiger partial charge in [-0.1, -0.05) is 5.16 Å². The molecule has 4 N–H and O–H groups in total. The summed E-state index contributed by atoms with van der Waals surface area (Å²) in [5.74, 6) is -0.155. The number of amides is 1. The standard InChI is InChI=1S/C5H7N3O2.ClH/c6-2-3-1-4(5(7)9)8-10-3;/h1H,2,6H2,(H2,7,9);1H. The van der Waals surface area contributed by atoms with Gasteiger partial charge in [0.2, 0.25) is 0 Å². The molecule has 0 aromatic carbocycles. The van der Waals surface area contributed by atoms with Gasteiger partial charge >= 0.3 is 0 Å². The van der Waals surface area contributed by atoms with E-state index in [2.05, 4.69) is 9.68 Å². The number of aromatic nitrogens is 1. The van der Waals surface area contributed by atoms with Gasteiger partial charge in [0.25, 0.3) is 5.91 Å². The van der Waals surface area contributed by atoms with E-state index in [9.17, 15) is 4.79 Å². The lowest BCUT2D eigenvalue weighted by atomic mass is 10.3. The third-order valence-electron chi connectivity index (χ3n) is 1.01. The van der Waals surface area contributed by atoms with Crippen LogP contribution in [0.2, 0.25) is 0 Å². The van der Waals surface area contributed by atoms with E-state index in [0.717, 1.165) is 0 Å². The van der Waals surface area contributed by atoms with Crippen molar-refractivity contribution in [2.75, 3.05) is 0 Å². The Hall–Kier alpha value is -1.07. The van der Waals surface area contributed by atoms with Gasteiger partial charge in [0.05, 0.1) is 6.54 Å². The molecule has 0 atom stereocenters. The molecule has 0 aliphatic carbocycles. The Bertz CT molecular complexity index is 248. The average Bonchev–Trinajstić information content (AvgIpc) is 2.34. The number of halogens is 1. The normalized spacial score (nSPS) is 8.82. The lowest BCUT2D eigenvalue weighted by Gasteiger charge is -1.78. The smallest absolute Gasteiger partial charge is 0.270 e. The number of nitrogens with two attached hydrogens (primary N) is 2. The maximum Gasteiger partial charge on any atom is 0.270 e. The third-order valence-corrected chi connectivity index (χ3v) is 1.01. The van der Waals surface area contributed by atoms with E-state index in [1.807, 2.05) is 0 Å². The number of hydrogen-bond acceptors (Lipinski definition) is 4. The van der Waals surface area contributed by atoms with Crippen molar-refractivity contribution in [1.29, 1.82) is 0 Å². The molecule has 0 radical (unpaired) electrons. The summed E-state index contributed by atoms with van der Waals surface area (Å²) in [5.41, 5.74) is 10.2. The van der Waals surface area contributed by atoms with Gasteiger partial charge in [-0.3, -0.25) is 4.79 Å². The molecule has 0 fully saturated rings. The Morgan fingerprint density at radius 1 is 1.73 bits per heavy atom. The van der Waals surface area contributed by atoms with Crippen molar-refractivity contribution in [2.24, 2.45) is 11.5 Å². The van der Waals surface area contributed by atoms with Crippen molar-refractivity contribution in [2.45, 2.75) is 6.54 Å². The minimum Gasteiger partial charge on any atom is -0.364 e. The first kappa shape index (κ1) is 9.93. The molecule has 1 aromatic rings. The van der Waals surface area contributed by atoms with Crippen LogP contribution in [-0.4, -0.2) is 11.1 Å². The van der Waals surface area contributed by atoms with Gasteiger partial charge in [0, 0.05) is 6.07 Å². The Balaban J connectivity index is 0.000001000. The number of rotatable bonds is 2. The zero-order chi connectivity index (χ0) is 7.56. The fraction of sp³-hybridized carbons (Fsp3) is 0.200. The topological polar surface area (TPSA) is 95.1 Å². The number of carbonyl (C=O) groups is 1. The van der Waals surface area contributed by atoms with Crippen LogP contribution in [0, 0.1) is 0 Å². The van der Waals surface area contributed by atoms with Crippen molar-refractivity contribution in [3.05, 3.63) is 17.5 Å². The van der Waals surface area contributed by atoms with Crippen LogP contribution in [0.25, 0.3) is 0 Å². The molecular formula is C5H8ClN3O2. The van der Waals surface area contributed by atoms with Gasteiger partial charge in [-0.25, -0.2) is 0 Å². The highest BCUT2D eigenvalue weighted by Gasteiger charge is 2.06. The number of primary amides is 1. The zero-order valence-electron chi connectivity index (χ0n) is 5.61. The molecule has 0 aliphatic rings. The second-order valence-corrected chi connectivity index (χ2v) is 1.75. The summed E-state index contributed by atoms with van der Waals surface area (Å²) < 4.78 is 4.60. The zero-order valence-corrected chi connectivity index (χ0v) is 6.43. The predicted octanol–water partition coefficient (Wildman–Crippen LogP) is -0.346. The Labute approximate surface area is 69.1 Å². The van der Waals surface area contributed by atoms with Gasteiger partial charge in [0.15, 0.2) is 11.5 Å². The highest BCUT2D eigenvalue weighted by Crippen LogP contribution is 2.00. The molecule has 0 unspecified atom stereocenters. The van der Waals surface area contributed by atoms with E-state index < -0.39 is 5.91 Å². The number of hydrogen-bond donors (Lipinski definition) is 2. The molecule has 1 heterocycles. The molecule has 0 spiro atoms. The first-order valence-corrected chi connectivity index (χ1v) is 2.69. The van der Waals surface area contributed by atoms with Crippen molar-refractivity contribution in [1.82, 2.24) is 5.16 Å². The minimum absolute atomic E-state index is 0. The average molecular weight is 178 g/mol. The van der Waals surface area contributed by atoms with Crippen molar-refractivity contribution in [3.8, 4) is 0 Å². The quantitative estimate of drug-likeness (QED) is 0.646. The fourth-order valence-electron chi connectivity index (χ4n) is 0.525. The Morgan fingerprint density at radius 2 is 2.36 bits per heavy atom. The molecule has 6 heteroatoms. The van der Waals surface area contributed by atoms with Crippen molar-refractivity contribution in [3.63, 3.8) is 0 Å². The molecular weight excluding hydrogens is 170 g/mol. The molecule has 11 heavy (non-hydrogen) atoms. The van der Waals surface area contributed by atoms with Crippen molar-refractivity contribution >= 4 is 18.3 Å². The second-order valence-electron chi connectivity index (χ2n) is 1.75. The maximum absolute atomic E-state index is 10.4. The molecule has 0 saturated carbocycles. The largest absolute Gasteiger partial charge is 0.364 e. The molecule has 5 nitrogen and oxygen atoms in total. The van der Waals surface area contributed by atoms with Crippen molar-refractivity contribution < 1.29 is 9.32 Å². The summed E-state index contributed by atoms with van der Waals surface area (Å²) in [6.45, 7) is 0.222. The van der Waals surface area contributed by atoms with Gasteiger partial charge < -0.3 is 16.0 Å². The van der Waals surface area contributed by atoms with Crippen LogP contribution in [0.3, 0.4) is 0 Å². The molecule has 1 rings (SSSR count). The molecule has 1 aromatic heterocycles. The van der Waals surface area contributed by atoms with Gasteiger partial charge in [-0.15, -0.1) is 12.4 Å². The summed E-state index contributed by atoms with van der Waals surface area (Å²) in [5, 5.41) is 3.36.